The van der Waals surface area contributed by atoms with E-state index in [0.29, 0.717) is 178 Å². The molecule has 0 heterocycles. The zero-order chi connectivity index (χ0) is 38.6. The molecular weight excluding hydrogens is 706 g/mol. The van der Waals surface area contributed by atoms with Crippen LogP contribution in [0.15, 0.2) is 0 Å². The number of carbonyl (C=O) groups excluding carboxylic acids is 2. The van der Waals surface area contributed by atoms with E-state index in [2.05, 4.69) is 5.32 Å². The maximum absolute atomic E-state index is 11.4. The Morgan fingerprint density at radius 3 is 0.962 bits per heavy atom. The molecule has 53 heavy (non-hydrogen) atoms. The summed E-state index contributed by atoms with van der Waals surface area (Å²) >= 11 is 0. The number of hydrogen-bond donors (Lipinski definition) is 2. The van der Waals surface area contributed by atoms with E-state index in [-0.39, 0.29) is 31.3 Å². The number of rotatable bonds is 45. The van der Waals surface area contributed by atoms with Crippen LogP contribution in [0, 0.1) is 0 Å². The summed E-state index contributed by atoms with van der Waals surface area (Å²) in [5.41, 5.74) is 0. The van der Waals surface area contributed by atoms with Gasteiger partial charge in [0.1, 0.15) is 6.61 Å². The number of nitrogens with one attached hydrogen (secondary N) is 1. The number of carboxylic acids is 1. The third-order valence-corrected chi connectivity index (χ3v) is 6.39. The van der Waals surface area contributed by atoms with Gasteiger partial charge in [0, 0.05) is 26.0 Å². The highest BCUT2D eigenvalue weighted by molar-refractivity contribution is 5.80. The minimum Gasteiger partial charge on any atom is -0.481 e. The summed E-state index contributed by atoms with van der Waals surface area (Å²) in [7, 11) is 0. The summed E-state index contributed by atoms with van der Waals surface area (Å²) < 4.78 is 70.3. The molecule has 0 aliphatic heterocycles. The minimum atomic E-state index is -0.986. The second-order valence-corrected chi connectivity index (χ2v) is 10.9. The van der Waals surface area contributed by atoms with Crippen molar-refractivity contribution in [3.05, 3.63) is 0 Å². The van der Waals surface area contributed by atoms with E-state index in [1.807, 2.05) is 6.92 Å². The van der Waals surface area contributed by atoms with Gasteiger partial charge in [0.15, 0.2) is 0 Å². The quantitative estimate of drug-likeness (QED) is 0.0652. The Hall–Kier alpha value is -2.07. The van der Waals surface area contributed by atoms with Gasteiger partial charge in [-0.1, -0.05) is 6.92 Å². The highest BCUT2D eigenvalue weighted by Gasteiger charge is 2.04. The maximum Gasteiger partial charge on any atom is 0.305 e. The van der Waals surface area contributed by atoms with E-state index in [4.69, 9.17) is 66.7 Å². The first-order chi connectivity index (χ1) is 26.1. The Balaban J connectivity index is 3.10. The predicted octanol–water partition coefficient (Wildman–Crippen LogP) is 0.900. The highest BCUT2D eigenvalue weighted by atomic mass is 16.6. The lowest BCUT2D eigenvalue weighted by atomic mass is 10.3. The normalized spacial score (nSPS) is 11.3. The van der Waals surface area contributed by atoms with Crippen molar-refractivity contribution in [1.82, 2.24) is 5.32 Å². The van der Waals surface area contributed by atoms with Gasteiger partial charge < -0.3 is 72.0 Å². The molecule has 0 saturated heterocycles. The second-order valence-electron chi connectivity index (χ2n) is 10.9. The topological polar surface area (TPSA) is 203 Å². The molecule has 2 N–H and O–H groups in total. The molecule has 18 nitrogen and oxygen atoms in total. The monoisotopic (exact) mass is 773 g/mol. The van der Waals surface area contributed by atoms with Gasteiger partial charge in [0.2, 0.25) is 5.91 Å². The molecule has 0 fully saturated rings. The lowest BCUT2D eigenvalue weighted by molar-refractivity contribution is -0.145. The van der Waals surface area contributed by atoms with Crippen molar-refractivity contribution in [2.45, 2.75) is 39.0 Å². The summed E-state index contributed by atoms with van der Waals surface area (Å²) in [5, 5.41) is 11.2. The van der Waals surface area contributed by atoms with E-state index < -0.39 is 5.97 Å². The molecule has 0 aliphatic carbocycles. The Morgan fingerprint density at radius 2 is 0.679 bits per heavy atom. The molecule has 1 amide bonds. The number of ether oxygens (including phenoxy) is 13. The Morgan fingerprint density at radius 1 is 0.396 bits per heavy atom. The smallest absolute Gasteiger partial charge is 0.305 e. The lowest BCUT2D eigenvalue weighted by Gasteiger charge is -2.09. The molecule has 0 radical (unpaired) electrons. The molecule has 0 bridgehead atoms. The van der Waals surface area contributed by atoms with Crippen molar-refractivity contribution in [2.75, 3.05) is 172 Å². The van der Waals surface area contributed by atoms with E-state index >= 15 is 0 Å². The minimum absolute atomic E-state index is 0.0139. The van der Waals surface area contributed by atoms with Crippen molar-refractivity contribution in [3.63, 3.8) is 0 Å². The zero-order valence-electron chi connectivity index (χ0n) is 31.9. The molecule has 18 heteroatoms. The van der Waals surface area contributed by atoms with E-state index in [1.165, 1.54) is 0 Å². The number of esters is 1. The first-order valence-corrected chi connectivity index (χ1v) is 18.6. The summed E-state index contributed by atoms with van der Waals surface area (Å²) in [6, 6.07) is 0. The third kappa shape index (κ3) is 46.0. The van der Waals surface area contributed by atoms with Gasteiger partial charge in [-0.25, -0.2) is 0 Å². The summed E-state index contributed by atoms with van der Waals surface area (Å²) in [6.07, 6.45) is 1.68. The first-order valence-electron chi connectivity index (χ1n) is 18.6. The molecule has 0 aromatic carbocycles. The molecule has 0 spiro atoms. The lowest BCUT2D eigenvalue weighted by Crippen LogP contribution is -2.25. The van der Waals surface area contributed by atoms with Crippen LogP contribution < -0.4 is 5.32 Å². The number of carbonyl (C=O) groups is 3. The SMILES string of the molecule is CCCC(=O)OCCOCCOCCOCCOCCOCCOCCOCCOCCOCCOCCOCCOCCCNC(=O)CCC(=O)O. The van der Waals surface area contributed by atoms with Crippen molar-refractivity contribution >= 4 is 17.8 Å². The molecule has 0 aliphatic rings. The molecule has 0 rings (SSSR count). The van der Waals surface area contributed by atoms with E-state index in [1.54, 1.807) is 0 Å². The van der Waals surface area contributed by atoms with Crippen molar-refractivity contribution < 1.29 is 81.1 Å². The summed E-state index contributed by atoms with van der Waals surface area (Å²) in [4.78, 5) is 33.0. The van der Waals surface area contributed by atoms with Crippen LogP contribution in [0.1, 0.15) is 39.0 Å². The molecule has 0 aromatic rings. The van der Waals surface area contributed by atoms with Gasteiger partial charge in [-0.2, -0.15) is 0 Å². The molecule has 314 valence electrons. The van der Waals surface area contributed by atoms with E-state index in [9.17, 15) is 14.4 Å². The van der Waals surface area contributed by atoms with Crippen LogP contribution in [-0.4, -0.2) is 195 Å². The van der Waals surface area contributed by atoms with Crippen molar-refractivity contribution in [2.24, 2.45) is 0 Å². The van der Waals surface area contributed by atoms with Crippen LogP contribution in [0.3, 0.4) is 0 Å². The Bertz CT molecular complexity index is 796. The summed E-state index contributed by atoms with van der Waals surface area (Å²) in [5.74, 6) is -1.45. The van der Waals surface area contributed by atoms with Gasteiger partial charge in [-0.15, -0.1) is 0 Å². The number of carboxylic acid groups (broad SMARTS) is 1. The zero-order valence-corrected chi connectivity index (χ0v) is 31.9. The predicted molar refractivity (Wildman–Crippen MR) is 190 cm³/mol. The first kappa shape index (κ1) is 50.9. The largest absolute Gasteiger partial charge is 0.481 e. The molecule has 0 saturated carbocycles. The number of amides is 1. The van der Waals surface area contributed by atoms with Gasteiger partial charge >= 0.3 is 11.9 Å². The highest BCUT2D eigenvalue weighted by Crippen LogP contribution is 1.92. The van der Waals surface area contributed by atoms with Crippen LogP contribution in [-0.2, 0) is 76.0 Å². The van der Waals surface area contributed by atoms with Crippen LogP contribution in [0.4, 0.5) is 0 Å². The standard InChI is InChI=1S/C35H67NO17/c1-2-4-35(40)53-32-31-52-30-29-51-28-27-50-26-25-49-24-23-48-22-21-47-20-19-46-18-17-45-16-15-44-14-13-43-12-11-42-10-9-41-8-3-7-36-33(37)5-6-34(38)39/h2-32H2,1H3,(H,36,37)(H,38,39). The molecule has 0 unspecified atom stereocenters. The molecule has 0 atom stereocenters. The van der Waals surface area contributed by atoms with Crippen molar-refractivity contribution in [1.29, 1.82) is 0 Å². The average Bonchev–Trinajstić information content (AvgIpc) is 3.14. The summed E-state index contributed by atoms with van der Waals surface area (Å²) in [6.45, 7) is 13.8. The van der Waals surface area contributed by atoms with E-state index in [0.717, 1.165) is 6.42 Å². The van der Waals surface area contributed by atoms with Crippen LogP contribution >= 0.6 is 0 Å². The Kier molecular flexibility index (Phi) is 42.6. The van der Waals surface area contributed by atoms with Crippen LogP contribution in [0.5, 0.6) is 0 Å². The number of hydrogen-bond acceptors (Lipinski definition) is 16. The van der Waals surface area contributed by atoms with Crippen molar-refractivity contribution in [3.8, 4) is 0 Å². The van der Waals surface area contributed by atoms with Gasteiger partial charge in [-0.05, 0) is 12.8 Å². The average molecular weight is 774 g/mol. The third-order valence-electron chi connectivity index (χ3n) is 6.39. The van der Waals surface area contributed by atoms with Gasteiger partial charge in [0.25, 0.3) is 0 Å². The molecular formula is C35H67NO17. The fourth-order valence-electron chi connectivity index (χ4n) is 3.72. The Labute approximate surface area is 314 Å². The van der Waals surface area contributed by atoms with Gasteiger partial charge in [0.05, 0.1) is 158 Å². The maximum atomic E-state index is 11.4. The fourth-order valence-corrected chi connectivity index (χ4v) is 3.72. The fraction of sp³-hybridized carbons (Fsp3) is 0.914. The molecule has 0 aromatic heterocycles. The van der Waals surface area contributed by atoms with Crippen LogP contribution in [0.25, 0.3) is 0 Å². The number of aliphatic carboxylic acids is 1. The second kappa shape index (κ2) is 44.3. The van der Waals surface area contributed by atoms with Crippen LogP contribution in [0.2, 0.25) is 0 Å². The van der Waals surface area contributed by atoms with Gasteiger partial charge in [-0.3, -0.25) is 14.4 Å².